The quantitative estimate of drug-likeness (QED) is 0.478. The smallest absolute Gasteiger partial charge is 0.107 e. The molecule has 0 amide bonds. The summed E-state index contributed by atoms with van der Waals surface area (Å²) in [5.74, 6) is 0. The molecule has 0 aromatic rings. The summed E-state index contributed by atoms with van der Waals surface area (Å²) in [6.45, 7) is 0.488. The number of hydrogen-bond donors (Lipinski definition) is 1. The predicted molar refractivity (Wildman–Crippen MR) is 27.4 cm³/mol. The van der Waals surface area contributed by atoms with Crippen molar-refractivity contribution in [1.82, 2.24) is 5.32 Å². The molecule has 0 atom stereocenters. The van der Waals surface area contributed by atoms with Crippen molar-refractivity contribution in [3.05, 3.63) is 24.7 Å². The van der Waals surface area contributed by atoms with Gasteiger partial charge in [-0.05, 0) is 12.3 Å². The minimum Gasteiger partial charge on any atom is -0.496 e. The molecule has 0 spiro atoms. The van der Waals surface area contributed by atoms with Gasteiger partial charge in [-0.15, -0.1) is 0 Å². The Morgan fingerprint density at radius 2 is 2.71 bits per heavy atom. The predicted octanol–water partition coefficient (Wildman–Crippen LogP) is 0.591. The van der Waals surface area contributed by atoms with Gasteiger partial charge in [-0.2, -0.15) is 0 Å². The summed E-state index contributed by atoms with van der Waals surface area (Å²) in [5.41, 5.74) is 0. The van der Waals surface area contributed by atoms with Gasteiger partial charge in [0.1, 0.15) is 7.98 Å². The second kappa shape index (κ2) is 2.29. The van der Waals surface area contributed by atoms with Gasteiger partial charge in [0, 0.05) is 6.20 Å². The van der Waals surface area contributed by atoms with Crippen molar-refractivity contribution in [3.8, 4) is 0 Å². The van der Waals surface area contributed by atoms with Crippen LogP contribution in [0.4, 0.5) is 0 Å². The third-order valence-corrected chi connectivity index (χ3v) is 0.619. The Morgan fingerprint density at radius 1 is 1.71 bits per heavy atom. The summed E-state index contributed by atoms with van der Waals surface area (Å²) >= 11 is 0. The fourth-order valence-corrected chi connectivity index (χ4v) is 0.336. The zero-order valence-corrected chi connectivity index (χ0v) is 3.85. The first-order chi connectivity index (χ1) is 3.89. The largest absolute Gasteiger partial charge is 0.496 e. The molecule has 2 nitrogen and oxygen atoms in total. The Labute approximate surface area is 43.9 Å². The van der Waals surface area contributed by atoms with Crippen LogP contribution in [0.5, 0.6) is 0 Å². The van der Waals surface area contributed by atoms with Crippen molar-refractivity contribution in [1.29, 1.82) is 0 Å². The average molecular weight is 98.1 g/mol. The molecule has 1 aliphatic rings. The van der Waals surface area contributed by atoms with Crippen LogP contribution in [-0.2, 0) is 4.74 Å². The first kappa shape index (κ1) is 3.13. The highest BCUT2D eigenvalue weighted by molar-refractivity contribution is 4.89. The molecule has 0 bridgehead atoms. The van der Waals surface area contributed by atoms with E-state index in [0.717, 1.165) is 0 Å². The molecule has 0 aliphatic carbocycles. The van der Waals surface area contributed by atoms with Crippen molar-refractivity contribution in [2.45, 2.75) is 0 Å². The summed E-state index contributed by atoms with van der Waals surface area (Å²) in [7, 11) is 0. The normalized spacial score (nSPS) is 20.6. The van der Waals surface area contributed by atoms with Gasteiger partial charge in [-0.3, -0.25) is 0 Å². The minimum absolute atomic E-state index is 0.176. The fraction of sp³-hybridized carbons (Fsp3) is 0.200. The van der Waals surface area contributed by atoms with Crippen LogP contribution in [-0.4, -0.2) is 6.61 Å². The molecule has 0 saturated heterocycles. The van der Waals surface area contributed by atoms with Gasteiger partial charge in [-0.25, -0.2) is 0 Å². The van der Waals surface area contributed by atoms with Gasteiger partial charge in [-0.1, -0.05) is 0 Å². The Morgan fingerprint density at radius 3 is 3.71 bits per heavy atom. The van der Waals surface area contributed by atoms with Crippen LogP contribution in [0, 0.1) is 0 Å². The zero-order chi connectivity index (χ0) is 5.82. The van der Waals surface area contributed by atoms with Gasteiger partial charge in [0.25, 0.3) is 0 Å². The zero-order valence-electron chi connectivity index (χ0n) is 4.85. The summed E-state index contributed by atoms with van der Waals surface area (Å²) in [6.07, 6.45) is 5.21. The monoisotopic (exact) mass is 98.1 g/mol. The van der Waals surface area contributed by atoms with Gasteiger partial charge in [0.15, 0.2) is 0 Å². The maximum absolute atomic E-state index is 6.95. The summed E-state index contributed by atoms with van der Waals surface area (Å²) in [4.78, 5) is 0. The Hall–Kier alpha value is -0.920. The standard InChI is InChI=1S/C5H7NO/c1-2-6-3-5-7-4-1/h1-3,5-6H,4H2/i5D. The highest BCUT2D eigenvalue weighted by atomic mass is 16.5. The van der Waals surface area contributed by atoms with Crippen molar-refractivity contribution in [3.63, 3.8) is 0 Å². The molecule has 0 fully saturated rings. The molecule has 0 aromatic heterocycles. The van der Waals surface area contributed by atoms with E-state index in [0.29, 0.717) is 6.61 Å². The average Bonchev–Trinajstić information content (AvgIpc) is 1.94. The van der Waals surface area contributed by atoms with Gasteiger partial charge >= 0.3 is 0 Å². The molecule has 0 radical (unpaired) electrons. The molecule has 0 aromatic carbocycles. The van der Waals surface area contributed by atoms with Crippen LogP contribution in [0.15, 0.2) is 24.7 Å². The molecule has 38 valence electrons. The lowest BCUT2D eigenvalue weighted by molar-refractivity contribution is 0.290. The number of rotatable bonds is 0. The molecule has 1 heterocycles. The van der Waals surface area contributed by atoms with E-state index in [4.69, 9.17) is 6.11 Å². The second-order valence-corrected chi connectivity index (χ2v) is 1.14. The van der Waals surface area contributed by atoms with Gasteiger partial charge < -0.3 is 10.1 Å². The van der Waals surface area contributed by atoms with E-state index in [1.165, 1.54) is 6.20 Å². The molecule has 1 aliphatic heterocycles. The maximum atomic E-state index is 6.95. The summed E-state index contributed by atoms with van der Waals surface area (Å²) in [6, 6.07) is 0. The van der Waals surface area contributed by atoms with E-state index in [-0.39, 0.29) is 6.24 Å². The first-order valence-corrected chi connectivity index (χ1v) is 2.10. The van der Waals surface area contributed by atoms with Crippen LogP contribution in [0.3, 0.4) is 0 Å². The van der Waals surface area contributed by atoms with E-state index in [9.17, 15) is 0 Å². The molecule has 0 unspecified atom stereocenters. The Bertz CT molecular complexity index is 130. The van der Waals surface area contributed by atoms with Crippen LogP contribution in [0.2, 0.25) is 0 Å². The number of nitrogens with one attached hydrogen (secondary N) is 1. The fourth-order valence-electron chi connectivity index (χ4n) is 0.336. The third kappa shape index (κ3) is 1.30. The molecular formula is C5H7NO. The molecule has 2 heteroatoms. The van der Waals surface area contributed by atoms with Gasteiger partial charge in [0.05, 0.1) is 6.24 Å². The van der Waals surface area contributed by atoms with Crippen molar-refractivity contribution in [2.75, 3.05) is 6.61 Å². The van der Waals surface area contributed by atoms with Crippen molar-refractivity contribution in [2.24, 2.45) is 0 Å². The summed E-state index contributed by atoms with van der Waals surface area (Å²) in [5, 5.41) is 2.74. The lowest BCUT2D eigenvalue weighted by atomic mass is 10.7. The summed E-state index contributed by atoms with van der Waals surface area (Å²) < 4.78 is 11.7. The van der Waals surface area contributed by atoms with E-state index >= 15 is 0 Å². The van der Waals surface area contributed by atoms with Crippen LogP contribution in [0.25, 0.3) is 0 Å². The molecule has 1 rings (SSSR count). The lowest BCUT2D eigenvalue weighted by Gasteiger charge is -1.85. The highest BCUT2D eigenvalue weighted by Gasteiger charge is 1.76. The number of hydrogen-bond acceptors (Lipinski definition) is 2. The van der Waals surface area contributed by atoms with E-state index < -0.39 is 0 Å². The van der Waals surface area contributed by atoms with E-state index in [2.05, 4.69) is 5.32 Å². The Kier molecular flexibility index (Phi) is 1.02. The molecular weight excluding hydrogens is 90.1 g/mol. The molecule has 0 saturated carbocycles. The topological polar surface area (TPSA) is 21.3 Å². The molecule has 1 N–H and O–H groups in total. The minimum atomic E-state index is 0.176. The van der Waals surface area contributed by atoms with E-state index in [1.54, 1.807) is 12.3 Å². The van der Waals surface area contributed by atoms with Crippen LogP contribution in [0.1, 0.15) is 1.37 Å². The van der Waals surface area contributed by atoms with E-state index in [1.807, 2.05) is 0 Å². The molecule has 7 heavy (non-hydrogen) atoms. The Balaban J connectivity index is 2.48. The lowest BCUT2D eigenvalue weighted by Crippen LogP contribution is -1.87. The van der Waals surface area contributed by atoms with Crippen LogP contribution < -0.4 is 5.32 Å². The number of ether oxygens (including phenoxy) is 1. The van der Waals surface area contributed by atoms with Crippen molar-refractivity contribution < 1.29 is 6.11 Å². The van der Waals surface area contributed by atoms with Crippen molar-refractivity contribution >= 4 is 0 Å². The highest BCUT2D eigenvalue weighted by Crippen LogP contribution is 1.81. The second-order valence-electron chi connectivity index (χ2n) is 1.14. The first-order valence-electron chi connectivity index (χ1n) is 2.60. The maximum Gasteiger partial charge on any atom is 0.107 e. The third-order valence-electron chi connectivity index (χ3n) is 0.619. The van der Waals surface area contributed by atoms with Gasteiger partial charge in [0.2, 0.25) is 0 Å². The van der Waals surface area contributed by atoms with Crippen LogP contribution >= 0.6 is 0 Å². The SMILES string of the molecule is [2H]C1=CNC=CCO1.